The third-order valence-electron chi connectivity index (χ3n) is 2.96. The summed E-state index contributed by atoms with van der Waals surface area (Å²) in [7, 11) is 0. The Morgan fingerprint density at radius 3 is 2.64 bits per heavy atom. The maximum absolute atomic E-state index is 11.9. The predicted molar refractivity (Wildman–Crippen MR) is 91.0 cm³/mol. The number of nitrogens with two attached hydrogens (primary N) is 1. The fourth-order valence-corrected chi connectivity index (χ4v) is 2.71. The number of aromatic nitrogens is 2. The van der Waals surface area contributed by atoms with E-state index in [-0.39, 0.29) is 11.7 Å². The van der Waals surface area contributed by atoms with Crippen molar-refractivity contribution in [1.29, 1.82) is 0 Å². The standard InChI is InChI=1S/C16H20N4OS/c1-3-4-12-5-7-13(8-6-12)19-15(21)10-22-16-18-11(2)9-14(17)20-16/h5-9H,3-4,10H2,1-2H3,(H,19,21)(H2,17,18,20). The lowest BCUT2D eigenvalue weighted by atomic mass is 10.1. The summed E-state index contributed by atoms with van der Waals surface area (Å²) in [6.07, 6.45) is 2.16. The van der Waals surface area contributed by atoms with Crippen LogP contribution in [0.3, 0.4) is 0 Å². The van der Waals surface area contributed by atoms with Gasteiger partial charge in [-0.25, -0.2) is 9.97 Å². The van der Waals surface area contributed by atoms with Gasteiger partial charge < -0.3 is 11.1 Å². The Bertz CT molecular complexity index is 623. The number of thioether (sulfide) groups is 1. The van der Waals surface area contributed by atoms with Crippen molar-refractivity contribution >= 4 is 29.2 Å². The number of nitrogens with zero attached hydrogens (tertiary/aromatic N) is 2. The molecule has 22 heavy (non-hydrogen) atoms. The molecule has 0 spiro atoms. The summed E-state index contributed by atoms with van der Waals surface area (Å²) in [6.45, 7) is 3.99. The van der Waals surface area contributed by atoms with Gasteiger partial charge in [0.05, 0.1) is 5.75 Å². The maximum Gasteiger partial charge on any atom is 0.234 e. The van der Waals surface area contributed by atoms with Crippen LogP contribution in [0.5, 0.6) is 0 Å². The number of anilines is 2. The molecule has 0 aliphatic carbocycles. The van der Waals surface area contributed by atoms with E-state index in [1.54, 1.807) is 6.07 Å². The molecule has 1 heterocycles. The van der Waals surface area contributed by atoms with Gasteiger partial charge in [0.1, 0.15) is 5.82 Å². The van der Waals surface area contributed by atoms with Crippen molar-refractivity contribution < 1.29 is 4.79 Å². The number of carbonyl (C=O) groups is 1. The summed E-state index contributed by atoms with van der Waals surface area (Å²) >= 11 is 1.27. The Hall–Kier alpha value is -2.08. The van der Waals surface area contributed by atoms with Crippen LogP contribution in [0.15, 0.2) is 35.5 Å². The van der Waals surface area contributed by atoms with E-state index in [1.165, 1.54) is 17.3 Å². The van der Waals surface area contributed by atoms with Crippen LogP contribution in [0.25, 0.3) is 0 Å². The van der Waals surface area contributed by atoms with Crippen LogP contribution in [0.2, 0.25) is 0 Å². The van der Waals surface area contributed by atoms with Crippen LogP contribution in [-0.2, 0) is 11.2 Å². The number of nitrogen functional groups attached to an aromatic ring is 1. The van der Waals surface area contributed by atoms with Gasteiger partial charge in [0.2, 0.25) is 5.91 Å². The topological polar surface area (TPSA) is 80.9 Å². The predicted octanol–water partition coefficient (Wildman–Crippen LogP) is 3.05. The van der Waals surface area contributed by atoms with Gasteiger partial charge in [0, 0.05) is 17.4 Å². The first kappa shape index (κ1) is 16.3. The van der Waals surface area contributed by atoms with Gasteiger partial charge in [0.15, 0.2) is 5.16 Å². The highest BCUT2D eigenvalue weighted by Crippen LogP contribution is 2.16. The van der Waals surface area contributed by atoms with Crippen molar-refractivity contribution in [2.75, 3.05) is 16.8 Å². The van der Waals surface area contributed by atoms with E-state index < -0.39 is 0 Å². The molecule has 6 heteroatoms. The summed E-state index contributed by atoms with van der Waals surface area (Å²) in [6, 6.07) is 9.62. The molecule has 0 aliphatic rings. The van der Waals surface area contributed by atoms with Gasteiger partial charge in [-0.05, 0) is 31.0 Å². The summed E-state index contributed by atoms with van der Waals surface area (Å²) < 4.78 is 0. The molecule has 0 saturated carbocycles. The molecule has 0 aliphatic heterocycles. The lowest BCUT2D eigenvalue weighted by Crippen LogP contribution is -2.14. The van der Waals surface area contributed by atoms with Crippen LogP contribution in [0.4, 0.5) is 11.5 Å². The van der Waals surface area contributed by atoms with Crippen LogP contribution >= 0.6 is 11.8 Å². The molecule has 0 unspecified atom stereocenters. The minimum absolute atomic E-state index is 0.0862. The van der Waals surface area contributed by atoms with E-state index in [9.17, 15) is 4.79 Å². The van der Waals surface area contributed by atoms with Crippen molar-refractivity contribution in [3.8, 4) is 0 Å². The summed E-state index contributed by atoms with van der Waals surface area (Å²) in [5.74, 6) is 0.582. The molecular formula is C16H20N4OS. The number of amides is 1. The number of carbonyl (C=O) groups excluding carboxylic acids is 1. The highest BCUT2D eigenvalue weighted by atomic mass is 32.2. The third kappa shape index (κ3) is 5.04. The molecule has 1 aromatic carbocycles. The average Bonchev–Trinajstić information content (AvgIpc) is 2.47. The summed E-state index contributed by atoms with van der Waals surface area (Å²) in [4.78, 5) is 20.3. The zero-order chi connectivity index (χ0) is 15.9. The Balaban J connectivity index is 1.87. The SMILES string of the molecule is CCCc1ccc(NC(=O)CSc2nc(C)cc(N)n2)cc1. The summed E-state index contributed by atoms with van der Waals surface area (Å²) in [5.41, 5.74) is 8.53. The molecule has 3 N–H and O–H groups in total. The first-order chi connectivity index (χ1) is 10.6. The fourth-order valence-electron chi connectivity index (χ4n) is 2.00. The quantitative estimate of drug-likeness (QED) is 0.632. The van der Waals surface area contributed by atoms with Crippen molar-refractivity contribution in [3.05, 3.63) is 41.6 Å². The van der Waals surface area contributed by atoms with Crippen molar-refractivity contribution in [2.24, 2.45) is 0 Å². The Kier molecular flexibility index (Phi) is 5.77. The third-order valence-corrected chi connectivity index (χ3v) is 3.81. The molecule has 0 fully saturated rings. The van der Waals surface area contributed by atoms with E-state index in [0.29, 0.717) is 11.0 Å². The minimum atomic E-state index is -0.0862. The van der Waals surface area contributed by atoms with Crippen LogP contribution < -0.4 is 11.1 Å². The monoisotopic (exact) mass is 316 g/mol. The number of benzene rings is 1. The van der Waals surface area contributed by atoms with Crippen LogP contribution in [0.1, 0.15) is 24.6 Å². The number of aryl methyl sites for hydroxylation is 2. The highest BCUT2D eigenvalue weighted by molar-refractivity contribution is 7.99. The zero-order valence-corrected chi connectivity index (χ0v) is 13.6. The van der Waals surface area contributed by atoms with Crippen molar-refractivity contribution in [3.63, 3.8) is 0 Å². The Morgan fingerprint density at radius 1 is 1.27 bits per heavy atom. The van der Waals surface area contributed by atoms with Gasteiger partial charge in [-0.15, -0.1) is 0 Å². The van der Waals surface area contributed by atoms with Gasteiger partial charge in [-0.3, -0.25) is 4.79 Å². The first-order valence-electron chi connectivity index (χ1n) is 7.19. The van der Waals surface area contributed by atoms with Gasteiger partial charge >= 0.3 is 0 Å². The number of nitrogens with one attached hydrogen (secondary N) is 1. The molecule has 2 rings (SSSR count). The normalized spacial score (nSPS) is 10.5. The molecule has 0 radical (unpaired) electrons. The number of hydrogen-bond acceptors (Lipinski definition) is 5. The molecule has 1 amide bonds. The Morgan fingerprint density at radius 2 is 2.00 bits per heavy atom. The smallest absolute Gasteiger partial charge is 0.234 e. The summed E-state index contributed by atoms with van der Waals surface area (Å²) in [5, 5.41) is 3.38. The fraction of sp³-hybridized carbons (Fsp3) is 0.312. The molecule has 0 saturated heterocycles. The molecule has 5 nitrogen and oxygen atoms in total. The molecular weight excluding hydrogens is 296 g/mol. The van der Waals surface area contributed by atoms with Crippen LogP contribution in [-0.4, -0.2) is 21.6 Å². The number of rotatable bonds is 6. The average molecular weight is 316 g/mol. The second-order valence-electron chi connectivity index (χ2n) is 5.00. The second kappa shape index (κ2) is 7.79. The van der Waals surface area contributed by atoms with Crippen molar-refractivity contribution in [1.82, 2.24) is 9.97 Å². The molecule has 1 aromatic heterocycles. The van der Waals surface area contributed by atoms with Gasteiger partial charge in [-0.1, -0.05) is 37.2 Å². The molecule has 0 atom stereocenters. The molecule has 0 bridgehead atoms. The highest BCUT2D eigenvalue weighted by Gasteiger charge is 2.07. The van der Waals surface area contributed by atoms with E-state index in [4.69, 9.17) is 5.73 Å². The van der Waals surface area contributed by atoms with Gasteiger partial charge in [0.25, 0.3) is 0 Å². The molecule has 2 aromatic rings. The zero-order valence-electron chi connectivity index (χ0n) is 12.8. The first-order valence-corrected chi connectivity index (χ1v) is 8.18. The van der Waals surface area contributed by atoms with E-state index in [0.717, 1.165) is 24.2 Å². The maximum atomic E-state index is 11.9. The lowest BCUT2D eigenvalue weighted by Gasteiger charge is -2.06. The Labute approximate surface area is 134 Å². The van der Waals surface area contributed by atoms with E-state index in [2.05, 4.69) is 22.2 Å². The van der Waals surface area contributed by atoms with Crippen LogP contribution in [0, 0.1) is 6.92 Å². The second-order valence-corrected chi connectivity index (χ2v) is 5.94. The molecule has 116 valence electrons. The van der Waals surface area contributed by atoms with Crippen molar-refractivity contribution in [2.45, 2.75) is 31.8 Å². The largest absolute Gasteiger partial charge is 0.384 e. The lowest BCUT2D eigenvalue weighted by molar-refractivity contribution is -0.113. The van der Waals surface area contributed by atoms with E-state index in [1.807, 2.05) is 31.2 Å². The number of hydrogen-bond donors (Lipinski definition) is 2. The minimum Gasteiger partial charge on any atom is -0.384 e. The van der Waals surface area contributed by atoms with Gasteiger partial charge in [-0.2, -0.15) is 0 Å². The van der Waals surface area contributed by atoms with E-state index >= 15 is 0 Å².